The number of furan rings is 1. The fraction of sp³-hybridized carbons (Fsp3) is 0.0667. The Morgan fingerprint density at radius 2 is 2.17 bits per heavy atom. The summed E-state index contributed by atoms with van der Waals surface area (Å²) in [5, 5.41) is 10.7. The SMILES string of the molecule is CSC1=N/C(=C/c2ccc(-c3cccc([N+](=O)[O-])c3)o2)C(=O)S1. The van der Waals surface area contributed by atoms with E-state index in [1.807, 2.05) is 6.26 Å². The number of nitro benzene ring substituents is 1. The maximum atomic E-state index is 11.8. The molecule has 0 spiro atoms. The first kappa shape index (κ1) is 15.6. The van der Waals surface area contributed by atoms with Gasteiger partial charge in [-0.15, -0.1) is 11.8 Å². The summed E-state index contributed by atoms with van der Waals surface area (Å²) in [4.78, 5) is 26.4. The van der Waals surface area contributed by atoms with Crippen molar-refractivity contribution in [3.63, 3.8) is 0 Å². The summed E-state index contributed by atoms with van der Waals surface area (Å²) in [6, 6.07) is 9.59. The Morgan fingerprint density at radius 1 is 1.35 bits per heavy atom. The van der Waals surface area contributed by atoms with Gasteiger partial charge in [-0.1, -0.05) is 12.1 Å². The maximum absolute atomic E-state index is 11.8. The summed E-state index contributed by atoms with van der Waals surface area (Å²) < 4.78 is 6.35. The summed E-state index contributed by atoms with van der Waals surface area (Å²) in [7, 11) is 0. The molecule has 0 fully saturated rings. The lowest BCUT2D eigenvalue weighted by Crippen LogP contribution is -1.87. The maximum Gasteiger partial charge on any atom is 0.270 e. The minimum absolute atomic E-state index is 0.00427. The summed E-state index contributed by atoms with van der Waals surface area (Å²) in [6.45, 7) is 0. The number of hydrogen-bond donors (Lipinski definition) is 0. The molecule has 6 nitrogen and oxygen atoms in total. The quantitative estimate of drug-likeness (QED) is 0.470. The Labute approximate surface area is 139 Å². The summed E-state index contributed by atoms with van der Waals surface area (Å²) in [5.41, 5.74) is 0.930. The van der Waals surface area contributed by atoms with E-state index in [2.05, 4.69) is 4.99 Å². The standard InChI is InChI=1S/C15H10N2O4S2/c1-22-15-16-12(14(18)23-15)8-11-5-6-13(21-11)9-3-2-4-10(7-9)17(19)20/h2-8H,1H3/b12-8+. The van der Waals surface area contributed by atoms with Gasteiger partial charge in [-0.05, 0) is 30.2 Å². The molecule has 3 rings (SSSR count). The molecule has 0 unspecified atom stereocenters. The number of rotatable bonds is 3. The van der Waals surface area contributed by atoms with Crippen molar-refractivity contribution in [1.29, 1.82) is 0 Å². The smallest absolute Gasteiger partial charge is 0.270 e. The number of carbonyl (C=O) groups is 1. The van der Waals surface area contributed by atoms with Gasteiger partial charge in [0.2, 0.25) is 5.12 Å². The molecule has 2 aromatic rings. The van der Waals surface area contributed by atoms with Gasteiger partial charge < -0.3 is 4.42 Å². The van der Waals surface area contributed by atoms with Gasteiger partial charge in [-0.3, -0.25) is 14.9 Å². The van der Waals surface area contributed by atoms with E-state index in [1.165, 1.54) is 23.9 Å². The van der Waals surface area contributed by atoms with E-state index in [4.69, 9.17) is 4.42 Å². The molecular weight excluding hydrogens is 336 g/mol. The molecule has 0 amide bonds. The molecule has 0 radical (unpaired) electrons. The largest absolute Gasteiger partial charge is 0.457 e. The molecule has 2 heterocycles. The normalized spacial score (nSPS) is 16.0. The molecule has 1 aliphatic rings. The van der Waals surface area contributed by atoms with Crippen molar-refractivity contribution in [1.82, 2.24) is 0 Å². The third-order valence-corrected chi connectivity index (χ3v) is 4.87. The van der Waals surface area contributed by atoms with Crippen LogP contribution in [0, 0.1) is 10.1 Å². The summed E-state index contributed by atoms with van der Waals surface area (Å²) in [5.74, 6) is 0.967. The van der Waals surface area contributed by atoms with Crippen LogP contribution in [0.2, 0.25) is 0 Å². The highest BCUT2D eigenvalue weighted by Crippen LogP contribution is 2.31. The predicted octanol–water partition coefficient (Wildman–Crippen LogP) is 4.19. The van der Waals surface area contributed by atoms with Crippen LogP contribution in [0.15, 0.2) is 51.5 Å². The third-order valence-electron chi connectivity index (χ3n) is 3.02. The number of carbonyl (C=O) groups excluding carboxylic acids is 1. The van der Waals surface area contributed by atoms with Gasteiger partial charge in [0.15, 0.2) is 0 Å². The molecule has 0 saturated heterocycles. The van der Waals surface area contributed by atoms with E-state index in [1.54, 1.807) is 30.3 Å². The second-order valence-electron chi connectivity index (χ2n) is 4.51. The molecule has 23 heavy (non-hydrogen) atoms. The van der Waals surface area contributed by atoms with Gasteiger partial charge >= 0.3 is 0 Å². The van der Waals surface area contributed by atoms with Crippen molar-refractivity contribution >= 4 is 44.8 Å². The Morgan fingerprint density at radius 3 is 2.87 bits per heavy atom. The molecule has 1 aromatic heterocycles. The van der Waals surface area contributed by atoms with Crippen LogP contribution in [0.5, 0.6) is 0 Å². The van der Waals surface area contributed by atoms with Crippen molar-refractivity contribution < 1.29 is 14.1 Å². The molecule has 0 bridgehead atoms. The van der Waals surface area contributed by atoms with E-state index < -0.39 is 4.92 Å². The van der Waals surface area contributed by atoms with Crippen molar-refractivity contribution in [3.8, 4) is 11.3 Å². The average Bonchev–Trinajstić information content (AvgIpc) is 3.15. The molecule has 8 heteroatoms. The fourth-order valence-electron chi connectivity index (χ4n) is 1.97. The Kier molecular flexibility index (Phi) is 4.35. The number of thioether (sulfide) groups is 2. The molecule has 0 saturated carbocycles. The topological polar surface area (TPSA) is 85.7 Å². The molecule has 0 aliphatic carbocycles. The van der Waals surface area contributed by atoms with E-state index in [0.717, 1.165) is 11.8 Å². The van der Waals surface area contributed by atoms with Crippen molar-refractivity contribution in [2.45, 2.75) is 0 Å². The van der Waals surface area contributed by atoms with E-state index in [9.17, 15) is 14.9 Å². The monoisotopic (exact) mass is 346 g/mol. The van der Waals surface area contributed by atoms with Gasteiger partial charge in [0.25, 0.3) is 5.69 Å². The zero-order chi connectivity index (χ0) is 16.4. The zero-order valence-electron chi connectivity index (χ0n) is 11.9. The predicted molar refractivity (Wildman–Crippen MR) is 92.3 cm³/mol. The first-order valence-corrected chi connectivity index (χ1v) is 8.52. The van der Waals surface area contributed by atoms with Crippen molar-refractivity contribution in [2.75, 3.05) is 6.26 Å². The van der Waals surface area contributed by atoms with Gasteiger partial charge in [-0.2, -0.15) is 0 Å². The van der Waals surface area contributed by atoms with Crippen LogP contribution in [0.1, 0.15) is 5.76 Å². The first-order valence-electron chi connectivity index (χ1n) is 6.48. The lowest BCUT2D eigenvalue weighted by atomic mass is 10.1. The van der Waals surface area contributed by atoms with Crippen molar-refractivity contribution in [2.24, 2.45) is 4.99 Å². The number of nitrogens with zero attached hydrogens (tertiary/aromatic N) is 2. The average molecular weight is 346 g/mol. The van der Waals surface area contributed by atoms with Crippen LogP contribution in [0.25, 0.3) is 17.4 Å². The molecule has 1 aliphatic heterocycles. The molecule has 0 atom stereocenters. The Hall–Kier alpha value is -2.32. The second kappa shape index (κ2) is 6.43. The summed E-state index contributed by atoms with van der Waals surface area (Å²) >= 11 is 2.50. The van der Waals surface area contributed by atoms with Crippen LogP contribution < -0.4 is 0 Å². The fourth-order valence-corrected chi connectivity index (χ4v) is 3.23. The van der Waals surface area contributed by atoms with Crippen molar-refractivity contribution in [3.05, 3.63) is 58.0 Å². The molecule has 116 valence electrons. The van der Waals surface area contributed by atoms with Crippen LogP contribution in [-0.4, -0.2) is 20.7 Å². The minimum atomic E-state index is -0.456. The summed E-state index contributed by atoms with van der Waals surface area (Å²) in [6.07, 6.45) is 3.43. The highest BCUT2D eigenvalue weighted by molar-refractivity contribution is 8.45. The van der Waals surface area contributed by atoms with Gasteiger partial charge in [0.05, 0.1) is 4.92 Å². The lowest BCUT2D eigenvalue weighted by molar-refractivity contribution is -0.384. The zero-order valence-corrected chi connectivity index (χ0v) is 13.5. The first-order chi connectivity index (χ1) is 11.1. The highest BCUT2D eigenvalue weighted by Gasteiger charge is 2.22. The minimum Gasteiger partial charge on any atom is -0.457 e. The Balaban J connectivity index is 1.89. The van der Waals surface area contributed by atoms with Crippen LogP contribution >= 0.6 is 23.5 Å². The van der Waals surface area contributed by atoms with E-state index in [0.29, 0.717) is 27.2 Å². The number of hydrogen-bond acceptors (Lipinski definition) is 7. The van der Waals surface area contributed by atoms with E-state index in [-0.39, 0.29) is 10.8 Å². The second-order valence-corrected chi connectivity index (χ2v) is 6.53. The van der Waals surface area contributed by atoms with Gasteiger partial charge in [-0.25, -0.2) is 4.99 Å². The highest BCUT2D eigenvalue weighted by atomic mass is 32.2. The van der Waals surface area contributed by atoms with Crippen LogP contribution in [0.4, 0.5) is 5.69 Å². The molecular formula is C15H10N2O4S2. The number of benzene rings is 1. The number of aliphatic imine (C=N–C) groups is 1. The number of nitro groups is 1. The Bertz CT molecular complexity index is 855. The van der Waals surface area contributed by atoms with Gasteiger partial charge in [0.1, 0.15) is 21.6 Å². The number of non-ortho nitro benzene ring substituents is 1. The van der Waals surface area contributed by atoms with Crippen LogP contribution in [-0.2, 0) is 4.79 Å². The third kappa shape index (κ3) is 3.38. The lowest BCUT2D eigenvalue weighted by Gasteiger charge is -1.97. The van der Waals surface area contributed by atoms with E-state index >= 15 is 0 Å². The molecule has 0 N–H and O–H groups in total. The molecule has 1 aromatic carbocycles. The van der Waals surface area contributed by atoms with Gasteiger partial charge in [0, 0.05) is 23.8 Å². The van der Waals surface area contributed by atoms with Crippen LogP contribution in [0.3, 0.4) is 0 Å².